The molecule has 0 heterocycles. The van der Waals surface area contributed by atoms with Gasteiger partial charge in [-0.3, -0.25) is 9.59 Å². The third-order valence-corrected chi connectivity index (χ3v) is 2.47. The average Bonchev–Trinajstić information content (AvgIpc) is 2.18. The molecule has 0 spiro atoms. The van der Waals surface area contributed by atoms with Crippen molar-refractivity contribution in [3.63, 3.8) is 0 Å². The molecule has 0 N–H and O–H groups in total. The Labute approximate surface area is 83.5 Å². The van der Waals surface area contributed by atoms with Crippen LogP contribution in [0.1, 0.15) is 0 Å². The van der Waals surface area contributed by atoms with Gasteiger partial charge in [-0.25, -0.2) is 0 Å². The first kappa shape index (κ1) is 11.0. The highest BCUT2D eigenvalue weighted by Gasteiger charge is 2.27. The molecule has 1 aliphatic carbocycles. The molecule has 0 aromatic heterocycles. The predicted octanol–water partition coefficient (Wildman–Crippen LogP) is 0.150. The molecule has 0 aromatic carbocycles. The quantitative estimate of drug-likeness (QED) is 0.224. The molecule has 0 unspecified atom stereocenters. The van der Waals surface area contributed by atoms with Crippen LogP contribution in [0.2, 0.25) is 0 Å². The molecule has 0 atom stereocenters. The van der Waals surface area contributed by atoms with Gasteiger partial charge in [0.15, 0.2) is 10.7 Å². The van der Waals surface area contributed by atoms with Gasteiger partial charge in [-0.05, 0) is 17.7 Å². The van der Waals surface area contributed by atoms with E-state index in [4.69, 9.17) is 5.53 Å². The second kappa shape index (κ2) is 3.95. The second-order valence-corrected chi connectivity index (χ2v) is 3.81. The van der Waals surface area contributed by atoms with Crippen molar-refractivity contribution >= 4 is 21.7 Å². The predicted molar refractivity (Wildman–Crippen MR) is 46.4 cm³/mol. The van der Waals surface area contributed by atoms with E-state index in [1.807, 2.05) is 4.91 Å². The first-order chi connectivity index (χ1) is 6.97. The summed E-state index contributed by atoms with van der Waals surface area (Å²) in [5.74, 6) is -1.58. The Hall–Kier alpha value is -2.12. The number of hydrogen-bond donors (Lipinski definition) is 0. The summed E-state index contributed by atoms with van der Waals surface area (Å²) in [6, 6.07) is 0. The van der Waals surface area contributed by atoms with Crippen molar-refractivity contribution in [2.24, 2.45) is 5.28 Å². The topological polar surface area (TPSA) is 126 Å². The standard InChI is InChI=1S/C6H3N3O5S/c7-8-9-14-15(12,13)6-3-4(10)1-2-5(6)11/h1-3H. The Balaban J connectivity index is 3.12. The van der Waals surface area contributed by atoms with E-state index >= 15 is 0 Å². The van der Waals surface area contributed by atoms with Gasteiger partial charge >= 0.3 is 10.1 Å². The van der Waals surface area contributed by atoms with Gasteiger partial charge in [0.1, 0.15) is 5.28 Å². The number of nitrogens with zero attached hydrogens (tertiary/aromatic N) is 3. The first-order valence-corrected chi connectivity index (χ1v) is 4.84. The Kier molecular flexibility index (Phi) is 2.88. The highest BCUT2D eigenvalue weighted by Crippen LogP contribution is 2.15. The summed E-state index contributed by atoms with van der Waals surface area (Å²) in [7, 11) is -4.51. The number of hydrogen-bond acceptors (Lipinski definition) is 6. The maximum absolute atomic E-state index is 11.1. The lowest BCUT2D eigenvalue weighted by Gasteiger charge is -2.04. The molecule has 0 aliphatic heterocycles. The van der Waals surface area contributed by atoms with Crippen LogP contribution < -0.4 is 0 Å². The summed E-state index contributed by atoms with van der Waals surface area (Å²) < 4.78 is 26.0. The largest absolute Gasteiger partial charge is 0.349 e. The van der Waals surface area contributed by atoms with Gasteiger partial charge in [0.05, 0.1) is 0 Å². The molecule has 0 fully saturated rings. The summed E-state index contributed by atoms with van der Waals surface area (Å²) in [4.78, 5) is 23.0. The van der Waals surface area contributed by atoms with Crippen LogP contribution >= 0.6 is 0 Å². The van der Waals surface area contributed by atoms with E-state index in [1.54, 1.807) is 0 Å². The smallest absolute Gasteiger partial charge is 0.306 e. The zero-order valence-electron chi connectivity index (χ0n) is 7.02. The Morgan fingerprint density at radius 2 is 2.00 bits per heavy atom. The van der Waals surface area contributed by atoms with Crippen LogP contribution in [0.5, 0.6) is 0 Å². The number of rotatable bonds is 3. The second-order valence-electron chi connectivity index (χ2n) is 2.31. The van der Waals surface area contributed by atoms with Crippen molar-refractivity contribution in [1.29, 1.82) is 0 Å². The van der Waals surface area contributed by atoms with E-state index in [1.165, 1.54) is 0 Å². The summed E-state index contributed by atoms with van der Waals surface area (Å²) in [5.41, 5.74) is 7.83. The van der Waals surface area contributed by atoms with Gasteiger partial charge in [-0.2, -0.15) is 8.42 Å². The van der Waals surface area contributed by atoms with Crippen LogP contribution in [0.3, 0.4) is 0 Å². The van der Waals surface area contributed by atoms with Crippen LogP contribution in [0.4, 0.5) is 0 Å². The highest BCUT2D eigenvalue weighted by atomic mass is 32.2. The fourth-order valence-electron chi connectivity index (χ4n) is 0.783. The SMILES string of the molecule is [N-]=[N+]=NOS(=O)(=O)C1=CC(=O)C=CC1=O. The fraction of sp³-hybridized carbons (Fsp3) is 0. The van der Waals surface area contributed by atoms with E-state index in [9.17, 15) is 18.0 Å². The third kappa shape index (κ3) is 2.42. The summed E-state index contributed by atoms with van der Waals surface area (Å²) >= 11 is 0. The van der Waals surface area contributed by atoms with E-state index in [0.717, 1.165) is 12.2 Å². The number of azide groups is 1. The van der Waals surface area contributed by atoms with Crippen molar-refractivity contribution in [2.75, 3.05) is 0 Å². The zero-order valence-corrected chi connectivity index (χ0v) is 7.84. The molecular weight excluding hydrogens is 226 g/mol. The maximum Gasteiger partial charge on any atom is 0.349 e. The lowest BCUT2D eigenvalue weighted by Crippen LogP contribution is -2.17. The van der Waals surface area contributed by atoms with Crippen molar-refractivity contribution in [3.8, 4) is 0 Å². The van der Waals surface area contributed by atoms with Crippen LogP contribution in [-0.4, -0.2) is 20.0 Å². The van der Waals surface area contributed by atoms with Gasteiger partial charge in [0, 0.05) is 11.0 Å². The molecule has 9 heteroatoms. The van der Waals surface area contributed by atoms with Crippen molar-refractivity contribution in [1.82, 2.24) is 0 Å². The van der Waals surface area contributed by atoms with E-state index < -0.39 is 26.6 Å². The minimum atomic E-state index is -4.51. The van der Waals surface area contributed by atoms with Crippen LogP contribution in [-0.2, 0) is 24.0 Å². The average molecular weight is 229 g/mol. The molecule has 0 amide bonds. The molecule has 0 bridgehead atoms. The zero-order chi connectivity index (χ0) is 11.5. The molecule has 1 aliphatic rings. The Bertz CT molecular complexity index is 523. The lowest BCUT2D eigenvalue weighted by molar-refractivity contribution is -0.114. The number of carbonyl (C=O) groups excluding carboxylic acids is 2. The van der Waals surface area contributed by atoms with Gasteiger partial charge < -0.3 is 4.28 Å². The minimum Gasteiger partial charge on any atom is -0.306 e. The number of ketones is 2. The van der Waals surface area contributed by atoms with Gasteiger partial charge in [0.25, 0.3) is 0 Å². The molecule has 8 nitrogen and oxygen atoms in total. The summed E-state index contributed by atoms with van der Waals surface area (Å²) in [5, 5.41) is 2.34. The Morgan fingerprint density at radius 3 is 2.60 bits per heavy atom. The lowest BCUT2D eigenvalue weighted by atomic mass is 10.2. The summed E-state index contributed by atoms with van der Waals surface area (Å²) in [6.07, 6.45) is 2.29. The molecular formula is C6H3N3O5S. The minimum absolute atomic E-state index is 0.588. The highest BCUT2D eigenvalue weighted by molar-refractivity contribution is 7.91. The van der Waals surface area contributed by atoms with Crippen LogP contribution in [0.25, 0.3) is 10.4 Å². The summed E-state index contributed by atoms with van der Waals surface area (Å²) in [6.45, 7) is 0. The van der Waals surface area contributed by atoms with Gasteiger partial charge in [-0.1, -0.05) is 0 Å². The van der Waals surface area contributed by atoms with Crippen LogP contribution in [0, 0.1) is 0 Å². The Morgan fingerprint density at radius 1 is 1.33 bits per heavy atom. The van der Waals surface area contributed by atoms with E-state index in [0.29, 0.717) is 6.08 Å². The van der Waals surface area contributed by atoms with E-state index in [2.05, 4.69) is 9.56 Å². The molecule has 15 heavy (non-hydrogen) atoms. The molecule has 0 saturated heterocycles. The van der Waals surface area contributed by atoms with Gasteiger partial charge in [-0.15, -0.1) is 0 Å². The normalized spacial score (nSPS) is 15.6. The number of carbonyl (C=O) groups is 2. The van der Waals surface area contributed by atoms with Crippen LogP contribution in [0.15, 0.2) is 28.4 Å². The van der Waals surface area contributed by atoms with Gasteiger partial charge in [0.2, 0.25) is 5.78 Å². The van der Waals surface area contributed by atoms with E-state index in [-0.39, 0.29) is 0 Å². The van der Waals surface area contributed by atoms with Crippen molar-refractivity contribution < 1.29 is 22.3 Å². The fourth-order valence-corrected chi connectivity index (χ4v) is 1.56. The molecule has 0 saturated carbocycles. The molecule has 1 rings (SSSR count). The molecule has 78 valence electrons. The first-order valence-electron chi connectivity index (χ1n) is 3.43. The third-order valence-electron chi connectivity index (χ3n) is 1.35. The maximum atomic E-state index is 11.1. The molecule has 0 radical (unpaired) electrons. The van der Waals surface area contributed by atoms with Crippen molar-refractivity contribution in [3.05, 3.63) is 33.6 Å². The number of allylic oxidation sites excluding steroid dienone is 4. The monoisotopic (exact) mass is 229 g/mol. The van der Waals surface area contributed by atoms with Crippen molar-refractivity contribution in [2.45, 2.75) is 0 Å². The molecule has 0 aromatic rings.